The van der Waals surface area contributed by atoms with Gasteiger partial charge in [0.25, 0.3) is 0 Å². The lowest BCUT2D eigenvalue weighted by Gasteiger charge is -2.08. The molecule has 23 heavy (non-hydrogen) atoms. The smallest absolute Gasteiger partial charge is 0.0685 e. The van der Waals surface area contributed by atoms with E-state index in [-0.39, 0.29) is 6.61 Å². The second kappa shape index (κ2) is 7.22. The molecular formula is C19H21N3O. The SMILES string of the molecule is Cc1nn(-c2ccccc2)cc1CNCc1ccccc1CO. The van der Waals surface area contributed by atoms with Gasteiger partial charge in [0.1, 0.15) is 0 Å². The average Bonchev–Trinajstić information content (AvgIpc) is 2.97. The van der Waals surface area contributed by atoms with Crippen molar-refractivity contribution in [2.75, 3.05) is 0 Å². The number of hydrogen-bond donors (Lipinski definition) is 2. The van der Waals surface area contributed by atoms with E-state index in [4.69, 9.17) is 0 Å². The Hall–Kier alpha value is -2.43. The number of nitrogens with zero attached hydrogens (tertiary/aromatic N) is 2. The van der Waals surface area contributed by atoms with Gasteiger partial charge in [0.2, 0.25) is 0 Å². The summed E-state index contributed by atoms with van der Waals surface area (Å²) in [5, 5.41) is 17.4. The molecule has 1 heterocycles. The molecule has 0 fully saturated rings. The Labute approximate surface area is 136 Å². The normalized spacial score (nSPS) is 10.9. The van der Waals surface area contributed by atoms with Gasteiger partial charge in [-0.2, -0.15) is 5.10 Å². The standard InChI is InChI=1S/C19H21N3O/c1-15-18(13-22(21-15)19-9-3-2-4-10-19)12-20-11-16-7-5-6-8-17(16)14-23/h2-10,13,20,23H,11-12,14H2,1H3. The van der Waals surface area contributed by atoms with Gasteiger partial charge in [0.15, 0.2) is 0 Å². The molecule has 3 aromatic rings. The molecule has 0 aliphatic rings. The zero-order valence-corrected chi connectivity index (χ0v) is 13.2. The number of aliphatic hydroxyl groups is 1. The molecule has 0 aliphatic carbocycles. The monoisotopic (exact) mass is 307 g/mol. The van der Waals surface area contributed by atoms with Crippen LogP contribution in [0.25, 0.3) is 5.69 Å². The van der Waals surface area contributed by atoms with E-state index < -0.39 is 0 Å². The Balaban J connectivity index is 1.66. The fraction of sp³-hybridized carbons (Fsp3) is 0.211. The van der Waals surface area contributed by atoms with E-state index in [9.17, 15) is 5.11 Å². The third kappa shape index (κ3) is 3.67. The molecule has 0 aliphatic heterocycles. The van der Waals surface area contributed by atoms with Crippen LogP contribution in [-0.2, 0) is 19.7 Å². The van der Waals surface area contributed by atoms with Gasteiger partial charge in [0, 0.05) is 24.8 Å². The van der Waals surface area contributed by atoms with Crippen molar-refractivity contribution in [1.82, 2.24) is 15.1 Å². The van der Waals surface area contributed by atoms with E-state index in [1.54, 1.807) is 0 Å². The van der Waals surface area contributed by atoms with Crippen molar-refractivity contribution in [2.45, 2.75) is 26.6 Å². The molecule has 0 amide bonds. The van der Waals surface area contributed by atoms with E-state index in [1.165, 1.54) is 5.56 Å². The van der Waals surface area contributed by atoms with E-state index >= 15 is 0 Å². The van der Waals surface area contributed by atoms with Gasteiger partial charge in [-0.1, -0.05) is 42.5 Å². The van der Waals surface area contributed by atoms with Gasteiger partial charge in [-0.15, -0.1) is 0 Å². The summed E-state index contributed by atoms with van der Waals surface area (Å²) in [6.45, 7) is 3.58. The van der Waals surface area contributed by atoms with Gasteiger partial charge in [-0.05, 0) is 30.2 Å². The summed E-state index contributed by atoms with van der Waals surface area (Å²) in [5.41, 5.74) is 5.36. The number of nitrogens with one attached hydrogen (secondary N) is 1. The van der Waals surface area contributed by atoms with E-state index in [0.29, 0.717) is 0 Å². The number of rotatable bonds is 6. The minimum atomic E-state index is 0.0722. The lowest BCUT2D eigenvalue weighted by atomic mass is 10.1. The summed E-state index contributed by atoms with van der Waals surface area (Å²) in [7, 11) is 0. The third-order valence-electron chi connectivity index (χ3n) is 3.94. The molecule has 118 valence electrons. The summed E-state index contributed by atoms with van der Waals surface area (Å²) < 4.78 is 1.91. The Kier molecular flexibility index (Phi) is 4.86. The number of para-hydroxylation sites is 1. The maximum atomic E-state index is 9.37. The summed E-state index contributed by atoms with van der Waals surface area (Å²) in [6, 6.07) is 18.0. The van der Waals surface area contributed by atoms with Crippen LogP contribution in [-0.4, -0.2) is 14.9 Å². The molecule has 0 radical (unpaired) electrons. The quantitative estimate of drug-likeness (QED) is 0.736. The van der Waals surface area contributed by atoms with Gasteiger partial charge in [-0.25, -0.2) is 4.68 Å². The Morgan fingerprint density at radius 1 is 0.913 bits per heavy atom. The van der Waals surface area contributed by atoms with Crippen LogP contribution in [0.15, 0.2) is 60.8 Å². The predicted molar refractivity (Wildman–Crippen MR) is 91.2 cm³/mol. The van der Waals surface area contributed by atoms with Crippen molar-refractivity contribution in [3.05, 3.63) is 83.2 Å². The number of aromatic nitrogens is 2. The zero-order valence-electron chi connectivity index (χ0n) is 13.2. The molecule has 4 heteroatoms. The lowest BCUT2D eigenvalue weighted by molar-refractivity contribution is 0.280. The Bertz CT molecular complexity index is 765. The first-order chi connectivity index (χ1) is 11.3. The Morgan fingerprint density at radius 2 is 1.57 bits per heavy atom. The highest BCUT2D eigenvalue weighted by Crippen LogP contribution is 2.13. The third-order valence-corrected chi connectivity index (χ3v) is 3.94. The van der Waals surface area contributed by atoms with E-state index in [0.717, 1.165) is 35.6 Å². The van der Waals surface area contributed by atoms with Crippen molar-refractivity contribution in [1.29, 1.82) is 0 Å². The first-order valence-corrected chi connectivity index (χ1v) is 7.77. The highest BCUT2D eigenvalue weighted by Gasteiger charge is 2.06. The van der Waals surface area contributed by atoms with Gasteiger partial charge < -0.3 is 10.4 Å². The van der Waals surface area contributed by atoms with E-state index in [2.05, 4.69) is 16.6 Å². The number of aryl methyl sites for hydroxylation is 1. The van der Waals surface area contributed by atoms with Crippen molar-refractivity contribution in [2.24, 2.45) is 0 Å². The fourth-order valence-corrected chi connectivity index (χ4v) is 2.60. The minimum absolute atomic E-state index is 0.0722. The van der Waals surface area contributed by atoms with Crippen molar-refractivity contribution < 1.29 is 5.11 Å². The summed E-state index contributed by atoms with van der Waals surface area (Å²) >= 11 is 0. The van der Waals surface area contributed by atoms with Crippen LogP contribution in [0.3, 0.4) is 0 Å². The predicted octanol–water partition coefficient (Wildman–Crippen LogP) is 2.96. The molecule has 0 bridgehead atoms. The van der Waals surface area contributed by atoms with Gasteiger partial charge in [-0.3, -0.25) is 0 Å². The van der Waals surface area contributed by atoms with Gasteiger partial charge in [0.05, 0.1) is 18.0 Å². The lowest BCUT2D eigenvalue weighted by Crippen LogP contribution is -2.14. The molecule has 2 N–H and O–H groups in total. The highest BCUT2D eigenvalue weighted by molar-refractivity contribution is 5.32. The number of aliphatic hydroxyl groups excluding tert-OH is 1. The second-order valence-corrected chi connectivity index (χ2v) is 5.55. The number of benzene rings is 2. The van der Waals surface area contributed by atoms with Crippen LogP contribution in [0.2, 0.25) is 0 Å². The second-order valence-electron chi connectivity index (χ2n) is 5.55. The summed E-state index contributed by atoms with van der Waals surface area (Å²) in [6.07, 6.45) is 2.07. The van der Waals surface area contributed by atoms with Crippen LogP contribution in [0.1, 0.15) is 22.4 Å². The molecular weight excluding hydrogens is 286 g/mol. The molecule has 1 aromatic heterocycles. The first-order valence-electron chi connectivity index (χ1n) is 7.77. The highest BCUT2D eigenvalue weighted by atomic mass is 16.3. The molecule has 0 atom stereocenters. The van der Waals surface area contributed by atoms with Crippen LogP contribution < -0.4 is 5.32 Å². The van der Waals surface area contributed by atoms with Crippen LogP contribution in [0, 0.1) is 6.92 Å². The van der Waals surface area contributed by atoms with Gasteiger partial charge >= 0.3 is 0 Å². The first kappa shape index (κ1) is 15.5. The van der Waals surface area contributed by atoms with Crippen molar-refractivity contribution in [3.8, 4) is 5.69 Å². The average molecular weight is 307 g/mol. The number of hydrogen-bond acceptors (Lipinski definition) is 3. The molecule has 2 aromatic carbocycles. The topological polar surface area (TPSA) is 50.1 Å². The van der Waals surface area contributed by atoms with E-state index in [1.807, 2.05) is 66.2 Å². The molecule has 3 rings (SSSR count). The van der Waals surface area contributed by atoms with Crippen LogP contribution in [0.4, 0.5) is 0 Å². The maximum absolute atomic E-state index is 9.37. The molecule has 0 spiro atoms. The largest absolute Gasteiger partial charge is 0.392 e. The molecule has 0 unspecified atom stereocenters. The Morgan fingerprint density at radius 3 is 2.30 bits per heavy atom. The maximum Gasteiger partial charge on any atom is 0.0685 e. The van der Waals surface area contributed by atoms with Crippen molar-refractivity contribution in [3.63, 3.8) is 0 Å². The summed E-state index contributed by atoms with van der Waals surface area (Å²) in [5.74, 6) is 0. The zero-order chi connectivity index (χ0) is 16.1. The molecule has 0 saturated carbocycles. The molecule has 0 saturated heterocycles. The van der Waals surface area contributed by atoms with Crippen LogP contribution >= 0.6 is 0 Å². The fourth-order valence-electron chi connectivity index (χ4n) is 2.60. The summed E-state index contributed by atoms with van der Waals surface area (Å²) in [4.78, 5) is 0. The molecule has 4 nitrogen and oxygen atoms in total. The minimum Gasteiger partial charge on any atom is -0.392 e. The van der Waals surface area contributed by atoms with Crippen LogP contribution in [0.5, 0.6) is 0 Å². The van der Waals surface area contributed by atoms with Crippen molar-refractivity contribution >= 4 is 0 Å².